The molecule has 0 radical (unpaired) electrons. The standard InChI is InChI=1S/C15H12ClN3O/c16-13-8-6-12(7-9-13)11-20-15-10-19(18-17-15)14-4-2-1-3-5-14/h1-10H,11H2. The zero-order valence-corrected chi connectivity index (χ0v) is 11.4. The van der Waals surface area contributed by atoms with Gasteiger partial charge in [0.05, 0.1) is 11.9 Å². The first kappa shape index (κ1) is 12.7. The van der Waals surface area contributed by atoms with E-state index in [2.05, 4.69) is 10.3 Å². The van der Waals surface area contributed by atoms with Crippen LogP contribution in [0.25, 0.3) is 5.69 Å². The average molecular weight is 286 g/mol. The quantitative estimate of drug-likeness (QED) is 0.736. The van der Waals surface area contributed by atoms with Gasteiger partial charge in [0.15, 0.2) is 0 Å². The second-order valence-electron chi connectivity index (χ2n) is 4.25. The van der Waals surface area contributed by atoms with Crippen LogP contribution < -0.4 is 4.74 Å². The molecule has 20 heavy (non-hydrogen) atoms. The van der Waals surface area contributed by atoms with Gasteiger partial charge in [-0.15, -0.1) is 0 Å². The Morgan fingerprint density at radius 1 is 1.00 bits per heavy atom. The molecule has 0 spiro atoms. The number of para-hydroxylation sites is 1. The van der Waals surface area contributed by atoms with Crippen LogP contribution in [0.3, 0.4) is 0 Å². The summed E-state index contributed by atoms with van der Waals surface area (Å²) in [6, 6.07) is 17.3. The van der Waals surface area contributed by atoms with Crippen LogP contribution in [0.1, 0.15) is 5.56 Å². The second-order valence-corrected chi connectivity index (χ2v) is 4.69. The molecular weight excluding hydrogens is 274 g/mol. The molecule has 1 aromatic heterocycles. The Morgan fingerprint density at radius 3 is 2.50 bits per heavy atom. The average Bonchev–Trinajstić information content (AvgIpc) is 2.97. The Morgan fingerprint density at radius 2 is 1.75 bits per heavy atom. The summed E-state index contributed by atoms with van der Waals surface area (Å²) in [5, 5.41) is 8.74. The molecule has 1 heterocycles. The molecule has 0 N–H and O–H groups in total. The van der Waals surface area contributed by atoms with E-state index in [9.17, 15) is 0 Å². The van der Waals surface area contributed by atoms with Crippen molar-refractivity contribution < 1.29 is 4.74 Å². The van der Waals surface area contributed by atoms with Gasteiger partial charge in [-0.2, -0.15) is 0 Å². The summed E-state index contributed by atoms with van der Waals surface area (Å²) in [6.45, 7) is 0.435. The summed E-state index contributed by atoms with van der Waals surface area (Å²) in [5.74, 6) is 0.490. The summed E-state index contributed by atoms with van der Waals surface area (Å²) in [4.78, 5) is 0. The van der Waals surface area contributed by atoms with Gasteiger partial charge < -0.3 is 4.74 Å². The molecule has 0 aliphatic heterocycles. The maximum Gasteiger partial charge on any atom is 0.254 e. The fraction of sp³-hybridized carbons (Fsp3) is 0.0667. The van der Waals surface area contributed by atoms with Gasteiger partial charge in [-0.25, -0.2) is 4.68 Å². The summed E-state index contributed by atoms with van der Waals surface area (Å²) >= 11 is 5.83. The molecule has 0 saturated carbocycles. The third-order valence-corrected chi connectivity index (χ3v) is 3.05. The molecule has 2 aromatic carbocycles. The van der Waals surface area contributed by atoms with Gasteiger partial charge in [-0.05, 0) is 29.8 Å². The normalized spacial score (nSPS) is 10.4. The van der Waals surface area contributed by atoms with E-state index in [4.69, 9.17) is 16.3 Å². The number of benzene rings is 2. The lowest BCUT2D eigenvalue weighted by Gasteiger charge is -2.02. The van der Waals surface area contributed by atoms with E-state index in [0.29, 0.717) is 17.5 Å². The van der Waals surface area contributed by atoms with Gasteiger partial charge in [-0.3, -0.25) is 0 Å². The van der Waals surface area contributed by atoms with Gasteiger partial charge in [0, 0.05) is 5.02 Å². The van der Waals surface area contributed by atoms with Crippen molar-refractivity contribution in [1.29, 1.82) is 0 Å². The molecule has 0 aliphatic carbocycles. The van der Waals surface area contributed by atoms with Crippen LogP contribution in [0.5, 0.6) is 5.88 Å². The number of aromatic nitrogens is 3. The van der Waals surface area contributed by atoms with Crippen LogP contribution in [0.4, 0.5) is 0 Å². The fourth-order valence-corrected chi connectivity index (χ4v) is 1.89. The molecule has 3 aromatic rings. The summed E-state index contributed by atoms with van der Waals surface area (Å²) < 4.78 is 7.27. The minimum absolute atomic E-state index is 0.435. The topological polar surface area (TPSA) is 39.9 Å². The van der Waals surface area contributed by atoms with Crippen molar-refractivity contribution in [1.82, 2.24) is 15.0 Å². The second kappa shape index (κ2) is 5.75. The molecule has 5 heteroatoms. The largest absolute Gasteiger partial charge is 0.471 e. The van der Waals surface area contributed by atoms with Gasteiger partial charge in [0.2, 0.25) is 0 Å². The Labute approximate surface area is 121 Å². The Balaban J connectivity index is 1.67. The maximum absolute atomic E-state index is 5.83. The molecule has 0 fully saturated rings. The molecule has 4 nitrogen and oxygen atoms in total. The lowest BCUT2D eigenvalue weighted by atomic mass is 10.2. The Hall–Kier alpha value is -2.33. The molecule has 0 amide bonds. The summed E-state index contributed by atoms with van der Waals surface area (Å²) in [5.41, 5.74) is 1.98. The minimum atomic E-state index is 0.435. The van der Waals surface area contributed by atoms with E-state index in [0.717, 1.165) is 11.3 Å². The lowest BCUT2D eigenvalue weighted by molar-refractivity contribution is 0.293. The van der Waals surface area contributed by atoms with Crippen molar-refractivity contribution in [2.45, 2.75) is 6.61 Å². The number of hydrogen-bond donors (Lipinski definition) is 0. The first-order valence-electron chi connectivity index (χ1n) is 6.16. The van der Waals surface area contributed by atoms with Crippen LogP contribution in [-0.4, -0.2) is 15.0 Å². The number of nitrogens with zero attached hydrogens (tertiary/aromatic N) is 3. The number of halogens is 1. The third-order valence-electron chi connectivity index (χ3n) is 2.79. The predicted octanol–water partition coefficient (Wildman–Crippen LogP) is 3.50. The first-order chi connectivity index (χ1) is 9.81. The fourth-order valence-electron chi connectivity index (χ4n) is 1.76. The number of ether oxygens (including phenoxy) is 1. The Bertz CT molecular complexity index is 680. The lowest BCUT2D eigenvalue weighted by Crippen LogP contribution is -1.95. The van der Waals surface area contributed by atoms with Crippen LogP contribution in [0, 0.1) is 0 Å². The van der Waals surface area contributed by atoms with Crippen molar-refractivity contribution in [3.8, 4) is 11.6 Å². The van der Waals surface area contributed by atoms with E-state index >= 15 is 0 Å². The molecular formula is C15H12ClN3O. The molecule has 3 rings (SSSR count). The number of rotatable bonds is 4. The molecule has 100 valence electrons. The SMILES string of the molecule is Clc1ccc(COc2cn(-c3ccccc3)nn2)cc1. The van der Waals surface area contributed by atoms with Gasteiger partial charge in [0.1, 0.15) is 6.61 Å². The van der Waals surface area contributed by atoms with E-state index in [-0.39, 0.29) is 0 Å². The minimum Gasteiger partial charge on any atom is -0.471 e. The molecule has 0 aliphatic rings. The number of hydrogen-bond acceptors (Lipinski definition) is 3. The van der Waals surface area contributed by atoms with Crippen LogP contribution >= 0.6 is 11.6 Å². The van der Waals surface area contributed by atoms with E-state index in [1.165, 1.54) is 0 Å². The van der Waals surface area contributed by atoms with Crippen molar-refractivity contribution >= 4 is 11.6 Å². The molecule has 0 atom stereocenters. The third kappa shape index (κ3) is 2.97. The van der Waals surface area contributed by atoms with Crippen molar-refractivity contribution in [2.75, 3.05) is 0 Å². The summed E-state index contributed by atoms with van der Waals surface area (Å²) in [7, 11) is 0. The van der Waals surface area contributed by atoms with Crippen molar-refractivity contribution in [2.24, 2.45) is 0 Å². The van der Waals surface area contributed by atoms with Crippen LogP contribution in [0.2, 0.25) is 5.02 Å². The Kier molecular flexibility index (Phi) is 3.65. The first-order valence-corrected chi connectivity index (χ1v) is 6.54. The van der Waals surface area contributed by atoms with Crippen LogP contribution in [0.15, 0.2) is 60.8 Å². The molecule has 0 bridgehead atoms. The zero-order chi connectivity index (χ0) is 13.8. The highest BCUT2D eigenvalue weighted by atomic mass is 35.5. The van der Waals surface area contributed by atoms with Gasteiger partial charge in [-0.1, -0.05) is 52.2 Å². The highest BCUT2D eigenvalue weighted by Gasteiger charge is 2.03. The highest BCUT2D eigenvalue weighted by Crippen LogP contribution is 2.14. The van der Waals surface area contributed by atoms with Gasteiger partial charge >= 0.3 is 0 Å². The van der Waals surface area contributed by atoms with Crippen molar-refractivity contribution in [3.05, 3.63) is 71.4 Å². The summed E-state index contributed by atoms with van der Waals surface area (Å²) in [6.07, 6.45) is 1.76. The van der Waals surface area contributed by atoms with E-state index in [1.807, 2.05) is 54.6 Å². The van der Waals surface area contributed by atoms with Crippen LogP contribution in [-0.2, 0) is 6.61 Å². The smallest absolute Gasteiger partial charge is 0.254 e. The highest BCUT2D eigenvalue weighted by molar-refractivity contribution is 6.30. The zero-order valence-electron chi connectivity index (χ0n) is 10.6. The van der Waals surface area contributed by atoms with Gasteiger partial charge in [0.25, 0.3) is 5.88 Å². The van der Waals surface area contributed by atoms with E-state index in [1.54, 1.807) is 10.9 Å². The van der Waals surface area contributed by atoms with Crippen molar-refractivity contribution in [3.63, 3.8) is 0 Å². The molecule has 0 saturated heterocycles. The monoisotopic (exact) mass is 285 g/mol. The predicted molar refractivity (Wildman–Crippen MR) is 77.1 cm³/mol. The van der Waals surface area contributed by atoms with E-state index < -0.39 is 0 Å². The molecule has 0 unspecified atom stereocenters. The maximum atomic E-state index is 5.83.